The van der Waals surface area contributed by atoms with Crippen LogP contribution in [0.4, 0.5) is 19.4 Å². The molecular formula is C59H67F2N11O7. The number of aromatic nitrogens is 5. The number of imide groups is 1. The number of fused-ring (bicyclic) bond motifs is 6. The van der Waals surface area contributed by atoms with Crippen molar-refractivity contribution in [1.29, 1.82) is 0 Å². The van der Waals surface area contributed by atoms with E-state index in [9.17, 15) is 23.6 Å². The average molecular weight is 1080 g/mol. The number of anilines is 1. The lowest BCUT2D eigenvalue weighted by atomic mass is 9.96. The van der Waals surface area contributed by atoms with Crippen molar-refractivity contribution in [1.82, 2.24) is 49.4 Å². The Bertz CT molecular complexity index is 3430. The van der Waals surface area contributed by atoms with Crippen LogP contribution in [-0.4, -0.2) is 153 Å². The number of amides is 3. The van der Waals surface area contributed by atoms with Crippen molar-refractivity contribution in [3.63, 3.8) is 0 Å². The third-order valence-corrected chi connectivity index (χ3v) is 17.6. The van der Waals surface area contributed by atoms with E-state index >= 15 is 4.39 Å². The van der Waals surface area contributed by atoms with Gasteiger partial charge in [0.1, 0.15) is 35.5 Å². The number of benzene rings is 3. The first-order valence-electron chi connectivity index (χ1n) is 28.1. The van der Waals surface area contributed by atoms with Crippen molar-refractivity contribution in [3.05, 3.63) is 88.0 Å². The fraction of sp³-hybridized carbons (Fsp3) is 0.508. The Morgan fingerprint density at radius 2 is 1.63 bits per heavy atom. The van der Waals surface area contributed by atoms with E-state index in [2.05, 4.69) is 46.2 Å². The third-order valence-electron chi connectivity index (χ3n) is 17.6. The fourth-order valence-corrected chi connectivity index (χ4v) is 13.5. The second-order valence-electron chi connectivity index (χ2n) is 22.4. The highest BCUT2D eigenvalue weighted by Gasteiger charge is 2.39. The number of rotatable bonds is 10. The molecule has 7 saturated heterocycles. The average Bonchev–Trinajstić information content (AvgIpc) is 4.42. The molecule has 0 aliphatic carbocycles. The SMILES string of the molecule is C#Cc1c(F)ccc2cccc(-c3ncc4c(N5CC6CCC(C5)N6)nc(OC)nc4c3F)c12.Cn1c(=O)n(C2CCC(=O)NC2=O)c2ccc(CN3CCC(OC4CCN(C(=O)OCC5CCC6CCCN65)CC4)CC3)cc21. The number of hydrogen-bond donors (Lipinski definition) is 2. The van der Waals surface area contributed by atoms with Gasteiger partial charge in [0.25, 0.3) is 0 Å². The van der Waals surface area contributed by atoms with Gasteiger partial charge in [0.2, 0.25) is 11.8 Å². The number of hydrogen-bond acceptors (Lipinski definition) is 14. The van der Waals surface area contributed by atoms with Crippen LogP contribution < -0.4 is 26.0 Å². The lowest BCUT2D eigenvalue weighted by Crippen LogP contribution is -2.51. The van der Waals surface area contributed by atoms with Gasteiger partial charge in [0.05, 0.1) is 41.3 Å². The summed E-state index contributed by atoms with van der Waals surface area (Å²) < 4.78 is 51.2. The summed E-state index contributed by atoms with van der Waals surface area (Å²) >= 11 is 0. The predicted octanol–water partition coefficient (Wildman–Crippen LogP) is 6.58. The highest BCUT2D eigenvalue weighted by molar-refractivity contribution is 6.02. The number of nitrogens with one attached hydrogen (secondary N) is 2. The zero-order valence-corrected chi connectivity index (χ0v) is 44.8. The maximum Gasteiger partial charge on any atom is 0.409 e. The molecule has 79 heavy (non-hydrogen) atoms. The number of ether oxygens (including phenoxy) is 3. The van der Waals surface area contributed by atoms with E-state index in [0.29, 0.717) is 83.3 Å². The molecule has 5 atom stereocenters. The quantitative estimate of drug-likeness (QED) is 0.111. The summed E-state index contributed by atoms with van der Waals surface area (Å²) in [5.41, 5.74) is 3.00. The maximum atomic E-state index is 16.1. The van der Waals surface area contributed by atoms with Crippen LogP contribution >= 0.6 is 0 Å². The normalized spacial score (nSPS) is 24.0. The number of carbonyl (C=O) groups excluding carboxylic acids is 3. The Morgan fingerprint density at radius 3 is 2.38 bits per heavy atom. The molecule has 20 heteroatoms. The Balaban J connectivity index is 0.000000164. The summed E-state index contributed by atoms with van der Waals surface area (Å²) in [6, 6.07) is 15.5. The third kappa shape index (κ3) is 10.4. The van der Waals surface area contributed by atoms with E-state index in [1.165, 1.54) is 37.0 Å². The molecule has 0 spiro atoms. The molecule has 0 radical (unpaired) electrons. The van der Waals surface area contributed by atoms with Crippen molar-refractivity contribution >= 4 is 56.4 Å². The van der Waals surface area contributed by atoms with E-state index in [0.717, 1.165) is 95.3 Å². The molecule has 2 N–H and O–H groups in total. The first-order valence-corrected chi connectivity index (χ1v) is 28.1. The van der Waals surface area contributed by atoms with Gasteiger partial charge in [-0.2, -0.15) is 9.97 Å². The van der Waals surface area contributed by atoms with Crippen LogP contribution in [0.1, 0.15) is 94.2 Å². The first kappa shape index (κ1) is 52.6. The van der Waals surface area contributed by atoms with Gasteiger partial charge in [-0.05, 0) is 106 Å². The van der Waals surface area contributed by atoms with Crippen LogP contribution in [0.5, 0.6) is 6.01 Å². The number of nitrogens with zero attached hydrogens (tertiary/aromatic N) is 9. The van der Waals surface area contributed by atoms with E-state index < -0.39 is 23.6 Å². The lowest BCUT2D eigenvalue weighted by Gasteiger charge is -2.37. The van der Waals surface area contributed by atoms with Gasteiger partial charge in [-0.3, -0.25) is 38.8 Å². The second-order valence-corrected chi connectivity index (χ2v) is 22.4. The Morgan fingerprint density at radius 1 is 0.861 bits per heavy atom. The molecule has 5 unspecified atom stereocenters. The van der Waals surface area contributed by atoms with Crippen LogP contribution in [0.25, 0.3) is 44.0 Å². The van der Waals surface area contributed by atoms with E-state index in [1.807, 2.05) is 23.1 Å². The molecule has 3 amide bonds. The largest absolute Gasteiger partial charge is 0.467 e. The molecular weight excluding hydrogens is 1010 g/mol. The van der Waals surface area contributed by atoms with Gasteiger partial charge in [0, 0.05) is 101 Å². The Labute approximate surface area is 456 Å². The van der Waals surface area contributed by atoms with Crippen molar-refractivity contribution in [2.45, 2.75) is 126 Å². The van der Waals surface area contributed by atoms with Crippen LogP contribution in [0.3, 0.4) is 0 Å². The highest BCUT2D eigenvalue weighted by atomic mass is 19.1. The number of piperazine rings is 1. The smallest absolute Gasteiger partial charge is 0.409 e. The maximum absolute atomic E-state index is 16.1. The van der Waals surface area contributed by atoms with Crippen molar-refractivity contribution in [2.75, 3.05) is 64.4 Å². The van der Waals surface area contributed by atoms with Gasteiger partial charge < -0.3 is 29.3 Å². The molecule has 2 bridgehead atoms. The minimum absolute atomic E-state index is 0.0484. The van der Waals surface area contributed by atoms with Crippen LogP contribution in [0.15, 0.2) is 59.5 Å². The number of terminal acetylenes is 1. The molecule has 7 aliphatic heterocycles. The number of pyridine rings is 1. The summed E-state index contributed by atoms with van der Waals surface area (Å²) in [6.45, 7) is 7.23. The van der Waals surface area contributed by atoms with Crippen molar-refractivity contribution in [2.24, 2.45) is 7.05 Å². The molecule has 10 heterocycles. The predicted molar refractivity (Wildman–Crippen MR) is 294 cm³/mol. The summed E-state index contributed by atoms with van der Waals surface area (Å²) in [4.78, 5) is 72.2. The molecule has 18 nitrogen and oxygen atoms in total. The van der Waals surface area contributed by atoms with Gasteiger partial charge in [-0.1, -0.05) is 36.3 Å². The minimum Gasteiger partial charge on any atom is -0.467 e. The van der Waals surface area contributed by atoms with E-state index in [4.69, 9.17) is 20.6 Å². The topological polar surface area (TPSA) is 182 Å². The van der Waals surface area contributed by atoms with Crippen molar-refractivity contribution < 1.29 is 37.4 Å². The summed E-state index contributed by atoms with van der Waals surface area (Å²) in [6.07, 6.45) is 18.8. The van der Waals surface area contributed by atoms with Crippen LogP contribution in [0, 0.1) is 24.0 Å². The number of likely N-dealkylation sites (tertiary alicyclic amines) is 2. The van der Waals surface area contributed by atoms with E-state index in [1.54, 1.807) is 42.1 Å². The number of carbonyl (C=O) groups is 3. The number of methoxy groups -OCH3 is 1. The molecule has 3 aromatic carbocycles. The fourth-order valence-electron chi connectivity index (χ4n) is 13.5. The molecule has 0 saturated carbocycles. The lowest BCUT2D eigenvalue weighted by molar-refractivity contribution is -0.135. The van der Waals surface area contributed by atoms with Gasteiger partial charge in [-0.15, -0.1) is 6.42 Å². The Kier molecular flexibility index (Phi) is 14.8. The second kappa shape index (κ2) is 22.2. The minimum atomic E-state index is -0.676. The highest BCUT2D eigenvalue weighted by Crippen LogP contribution is 2.38. The number of imidazole rings is 1. The molecule has 7 aliphatic rings. The van der Waals surface area contributed by atoms with Crippen LogP contribution in [0.2, 0.25) is 0 Å². The molecule has 13 rings (SSSR count). The van der Waals surface area contributed by atoms with Gasteiger partial charge >= 0.3 is 17.8 Å². The standard InChI is InChI=1S/C33H46N6O6.C26H21F2N5O/c1-35-29-19-22(4-7-27(29)39(32(35)42)28-8-9-30(40)34-31(28)41)20-36-15-10-25(11-16-36)45-26-12-17-37(18-13-26)33(43)44-21-24-6-5-23-3-2-14-38(23)24;1-3-17-20(27)10-7-14-5-4-6-18(21(14)17)23-22(28)24-19(11-29-23)25(32-26(31-24)34-2)33-12-15-8-9-16(13-33)30-15/h4,7,19,23-26,28H,2-3,5-6,8-18,20-21H2,1H3,(H,34,40,41);1,4-7,10-11,15-16,30H,8-9,12-13H2,2H3. The number of aryl methyl sites for hydroxylation is 1. The van der Waals surface area contributed by atoms with Gasteiger partial charge in [-0.25, -0.2) is 18.4 Å². The van der Waals surface area contributed by atoms with Gasteiger partial charge in [0.15, 0.2) is 5.82 Å². The molecule has 414 valence electrons. The molecule has 3 aromatic heterocycles. The molecule has 6 aromatic rings. The summed E-state index contributed by atoms with van der Waals surface area (Å²) in [7, 11) is 3.19. The van der Waals surface area contributed by atoms with Crippen LogP contribution in [-0.2, 0) is 32.7 Å². The summed E-state index contributed by atoms with van der Waals surface area (Å²) in [5.74, 6) is 1.13. The zero-order valence-electron chi connectivity index (χ0n) is 44.8. The van der Waals surface area contributed by atoms with Crippen molar-refractivity contribution in [3.8, 4) is 29.6 Å². The number of halogens is 2. The molecule has 7 fully saturated rings. The zero-order chi connectivity index (χ0) is 54.5. The summed E-state index contributed by atoms with van der Waals surface area (Å²) in [5, 5.41) is 7.60. The monoisotopic (exact) mass is 1080 g/mol. The Hall–Kier alpha value is -7.05. The first-order chi connectivity index (χ1) is 38.4. The van der Waals surface area contributed by atoms with E-state index in [-0.39, 0.29) is 59.1 Å². The number of piperidine rings is 3.